The highest BCUT2D eigenvalue weighted by Crippen LogP contribution is 2.33. The van der Waals surface area contributed by atoms with Crippen LogP contribution in [0.4, 0.5) is 17.7 Å². The number of aromatic nitrogens is 8. The molecule has 4 aromatic heterocycles. The number of hydrogen-bond donors (Lipinski definition) is 5. The molecule has 7 N–H and O–H groups in total. The van der Waals surface area contributed by atoms with Gasteiger partial charge in [-0.15, -0.1) is 0 Å². The van der Waals surface area contributed by atoms with Gasteiger partial charge in [0.15, 0.2) is 27.8 Å². The van der Waals surface area contributed by atoms with Gasteiger partial charge in [0.25, 0.3) is 0 Å². The van der Waals surface area contributed by atoms with Crippen LogP contribution in [0.15, 0.2) is 37.0 Å². The van der Waals surface area contributed by atoms with Crippen LogP contribution in [0.5, 0.6) is 0 Å². The van der Waals surface area contributed by atoms with Crippen molar-refractivity contribution in [2.24, 2.45) is 11.8 Å². The fourth-order valence-corrected chi connectivity index (χ4v) is 5.64. The number of nitrogens with one attached hydrogen (secondary N) is 1. The fourth-order valence-electron chi connectivity index (χ4n) is 5.42. The first-order chi connectivity index (χ1) is 20.9. The highest BCUT2D eigenvalue weighted by atomic mass is 35.5. The number of imidazole rings is 2. The van der Waals surface area contributed by atoms with E-state index in [0.29, 0.717) is 11.2 Å². The van der Waals surface area contributed by atoms with E-state index in [9.17, 15) is 5.11 Å². The van der Waals surface area contributed by atoms with E-state index in [1.54, 1.807) is 12.7 Å². The summed E-state index contributed by atoms with van der Waals surface area (Å²) >= 11 is 5.97. The Bertz CT molecular complexity index is 1620. The molecular weight excluding hydrogens is 572 g/mol. The monoisotopic (exact) mass is 608 g/mol. The first-order valence-electron chi connectivity index (χ1n) is 14.6. The molecule has 4 aromatic rings. The summed E-state index contributed by atoms with van der Waals surface area (Å²) < 4.78 is 3.94. The molecule has 15 heteroatoms. The Morgan fingerprint density at radius 2 is 1.28 bits per heavy atom. The maximum Gasteiger partial charge on any atom is 0.224 e. The van der Waals surface area contributed by atoms with Gasteiger partial charge < -0.3 is 41.0 Å². The minimum Gasteiger partial charge on any atom is -0.396 e. The van der Waals surface area contributed by atoms with E-state index < -0.39 is 0 Å². The van der Waals surface area contributed by atoms with Gasteiger partial charge in [-0.3, -0.25) is 0 Å². The van der Waals surface area contributed by atoms with Crippen LogP contribution < -0.4 is 21.7 Å². The molecule has 8 rings (SSSR count). The lowest BCUT2D eigenvalue weighted by atomic mass is 10.1. The lowest BCUT2D eigenvalue weighted by Crippen LogP contribution is -2.38. The van der Waals surface area contributed by atoms with Crippen molar-refractivity contribution in [2.45, 2.75) is 37.8 Å². The van der Waals surface area contributed by atoms with E-state index in [-0.39, 0.29) is 54.2 Å². The van der Waals surface area contributed by atoms with Gasteiger partial charge >= 0.3 is 0 Å². The third kappa shape index (κ3) is 6.13. The quantitative estimate of drug-likeness (QED) is 0.163. The Morgan fingerprint density at radius 1 is 0.767 bits per heavy atom. The molecule has 14 nitrogen and oxygen atoms in total. The van der Waals surface area contributed by atoms with Crippen LogP contribution in [0.2, 0.25) is 5.15 Å². The summed E-state index contributed by atoms with van der Waals surface area (Å²) in [5.41, 5.74) is 14.2. The Balaban J connectivity index is 0.000000137. The van der Waals surface area contributed by atoms with Crippen molar-refractivity contribution in [3.05, 3.63) is 42.1 Å². The molecule has 4 aliphatic rings. The highest BCUT2D eigenvalue weighted by Gasteiger charge is 2.26. The molecule has 0 amide bonds. The Hall–Kier alpha value is -3.85. The number of aliphatic hydroxyl groups excluding tert-OH is 2. The Labute approximate surface area is 253 Å². The lowest BCUT2D eigenvalue weighted by molar-refractivity contribution is 0.244. The van der Waals surface area contributed by atoms with Crippen molar-refractivity contribution in [3.63, 3.8) is 0 Å². The van der Waals surface area contributed by atoms with Crippen molar-refractivity contribution >= 4 is 51.6 Å². The van der Waals surface area contributed by atoms with Crippen LogP contribution >= 0.6 is 11.6 Å². The Morgan fingerprint density at radius 3 is 1.74 bits per heavy atom. The van der Waals surface area contributed by atoms with E-state index >= 15 is 0 Å². The second-order valence-electron chi connectivity index (χ2n) is 11.1. The van der Waals surface area contributed by atoms with Gasteiger partial charge in [-0.25, -0.2) is 9.97 Å². The molecule has 2 aliphatic heterocycles. The van der Waals surface area contributed by atoms with E-state index in [1.165, 1.54) is 25.9 Å². The summed E-state index contributed by atoms with van der Waals surface area (Å²) in [6.07, 6.45) is 15.9. The number of rotatable bonds is 5. The molecule has 228 valence electrons. The van der Waals surface area contributed by atoms with Gasteiger partial charge in [0.2, 0.25) is 11.9 Å². The summed E-state index contributed by atoms with van der Waals surface area (Å²) in [7, 11) is 0. The first kappa shape index (κ1) is 29.2. The molecule has 0 bridgehead atoms. The molecule has 6 heterocycles. The molecule has 0 aromatic carbocycles. The number of aliphatic hydroxyl groups is 2. The zero-order valence-corrected chi connectivity index (χ0v) is 24.6. The predicted octanol–water partition coefficient (Wildman–Crippen LogP) is 1.88. The molecule has 0 spiro atoms. The fraction of sp³-hybridized carbons (Fsp3) is 0.500. The summed E-state index contributed by atoms with van der Waals surface area (Å²) in [5.74, 6) is 1.65. The summed E-state index contributed by atoms with van der Waals surface area (Å²) in [6.45, 7) is 4.82. The molecule has 0 saturated carbocycles. The molecule has 4 atom stereocenters. The zero-order valence-electron chi connectivity index (χ0n) is 23.8. The maximum absolute atomic E-state index is 9.27. The van der Waals surface area contributed by atoms with Crippen LogP contribution in [-0.2, 0) is 0 Å². The normalized spacial score (nSPS) is 23.9. The molecule has 43 heavy (non-hydrogen) atoms. The standard InChI is InChI=1S/C14H18N6O.C11H12ClN5O.C3H7N/c15-14-17-12(19-4-1-5-19)11-13(18-14)20(8-16-11)10-3-2-9(6-10)7-21;12-9-8-10(16-11(13)15-9)17(5-14-8)7-2-1-6(3-7)4-18;1-2-4-3-1/h2-3,8-10,21H,1,4-7H2,(H2,15,17,18);1-2,5-7,18H,3-4H2,(H2,13,15,16);4H,1-3H2/t9-,10+;6-,7+;/m11./s1. The molecular formula is C28H37ClN12O2. The summed E-state index contributed by atoms with van der Waals surface area (Å²) in [4.78, 5) is 27.7. The van der Waals surface area contributed by atoms with Gasteiger partial charge in [-0.2, -0.15) is 19.9 Å². The highest BCUT2D eigenvalue weighted by molar-refractivity contribution is 6.33. The number of nitrogens with two attached hydrogens (primary N) is 2. The van der Waals surface area contributed by atoms with E-state index in [4.69, 9.17) is 28.2 Å². The van der Waals surface area contributed by atoms with Crippen molar-refractivity contribution in [3.8, 4) is 0 Å². The number of hydrogen-bond acceptors (Lipinski definition) is 12. The average molecular weight is 609 g/mol. The minimum atomic E-state index is 0.123. The van der Waals surface area contributed by atoms with Gasteiger partial charge in [0.1, 0.15) is 5.52 Å². The topological polar surface area (TPSA) is 195 Å². The molecule has 0 radical (unpaired) electrons. The van der Waals surface area contributed by atoms with Crippen molar-refractivity contribution < 1.29 is 10.2 Å². The smallest absolute Gasteiger partial charge is 0.224 e. The van der Waals surface area contributed by atoms with Gasteiger partial charge in [0, 0.05) is 38.1 Å². The number of nitrogens with zero attached hydrogens (tertiary/aromatic N) is 9. The third-order valence-electron chi connectivity index (χ3n) is 8.16. The van der Waals surface area contributed by atoms with Crippen molar-refractivity contribution in [1.82, 2.24) is 44.4 Å². The van der Waals surface area contributed by atoms with E-state index in [0.717, 1.165) is 42.9 Å². The van der Waals surface area contributed by atoms with Crippen LogP contribution in [0, 0.1) is 11.8 Å². The van der Waals surface area contributed by atoms with Crippen LogP contribution in [-0.4, -0.2) is 88.6 Å². The van der Waals surface area contributed by atoms with E-state index in [1.807, 2.05) is 21.3 Å². The van der Waals surface area contributed by atoms with E-state index in [2.05, 4.69) is 52.3 Å². The van der Waals surface area contributed by atoms with Gasteiger partial charge in [-0.05, 0) is 38.8 Å². The van der Waals surface area contributed by atoms with Crippen LogP contribution in [0.25, 0.3) is 22.3 Å². The second kappa shape index (κ2) is 12.8. The van der Waals surface area contributed by atoms with Crippen LogP contribution in [0.1, 0.15) is 37.8 Å². The van der Waals surface area contributed by atoms with Crippen molar-refractivity contribution in [1.29, 1.82) is 0 Å². The number of fused-ring (bicyclic) bond motifs is 2. The summed E-state index contributed by atoms with van der Waals surface area (Å²) in [6, 6.07) is 0.295. The predicted molar refractivity (Wildman–Crippen MR) is 166 cm³/mol. The zero-order chi connectivity index (χ0) is 29.9. The lowest BCUT2D eigenvalue weighted by Gasteiger charge is -2.32. The van der Waals surface area contributed by atoms with Crippen LogP contribution in [0.3, 0.4) is 0 Å². The average Bonchev–Trinajstić information content (AvgIpc) is 3.71. The Kier molecular flexibility index (Phi) is 8.70. The minimum absolute atomic E-state index is 0.123. The SMILES string of the molecule is C1CNC1.Nc1nc(Cl)c2ncn([C@H]3C=C[C@@H](CO)C3)c2n1.Nc1nc(N2CCC2)c2ncn([C@H]3C=C[C@@H](CO)C3)c2n1. The van der Waals surface area contributed by atoms with Gasteiger partial charge in [0.05, 0.1) is 24.7 Å². The van der Waals surface area contributed by atoms with Gasteiger partial charge in [-0.1, -0.05) is 35.9 Å². The number of anilines is 3. The molecule has 2 aliphatic carbocycles. The third-order valence-corrected chi connectivity index (χ3v) is 8.43. The molecule has 2 saturated heterocycles. The first-order valence-corrected chi connectivity index (χ1v) is 15.0. The second-order valence-corrected chi connectivity index (χ2v) is 11.5. The maximum atomic E-state index is 9.27. The number of allylic oxidation sites excluding steroid dienone is 2. The summed E-state index contributed by atoms with van der Waals surface area (Å²) in [5, 5.41) is 21.8. The largest absolute Gasteiger partial charge is 0.396 e. The number of halogens is 1. The molecule has 0 unspecified atom stereocenters. The molecule has 2 fully saturated rings. The van der Waals surface area contributed by atoms with Crippen molar-refractivity contribution in [2.75, 3.05) is 55.8 Å². The number of nitrogen functional groups attached to an aromatic ring is 2.